The van der Waals surface area contributed by atoms with Gasteiger partial charge >= 0.3 is 6.09 Å². The van der Waals surface area contributed by atoms with E-state index in [0.717, 1.165) is 16.8 Å². The van der Waals surface area contributed by atoms with Gasteiger partial charge in [-0.05, 0) is 44.9 Å². The number of benzene rings is 1. The highest BCUT2D eigenvalue weighted by Gasteiger charge is 2.14. The maximum Gasteiger partial charge on any atom is 0.427 e. The largest absolute Gasteiger partial charge is 0.449 e. The van der Waals surface area contributed by atoms with Gasteiger partial charge in [-0.1, -0.05) is 23.7 Å². The van der Waals surface area contributed by atoms with Crippen LogP contribution in [0.3, 0.4) is 0 Å². The van der Waals surface area contributed by atoms with E-state index in [2.05, 4.69) is 15.6 Å². The zero-order valence-corrected chi connectivity index (χ0v) is 14.3. The first-order valence-electron chi connectivity index (χ1n) is 7.22. The molecule has 0 aliphatic heterocycles. The lowest BCUT2D eigenvalue weighted by molar-refractivity contribution is 0.152. The van der Waals surface area contributed by atoms with Crippen molar-refractivity contribution in [3.8, 4) is 5.69 Å². The van der Waals surface area contributed by atoms with Gasteiger partial charge in [0.1, 0.15) is 5.15 Å². The highest BCUT2D eigenvalue weighted by Crippen LogP contribution is 2.24. The normalized spacial score (nSPS) is 11.0. The maximum atomic E-state index is 11.2. The molecule has 1 aromatic heterocycles. The summed E-state index contributed by atoms with van der Waals surface area (Å²) in [6.45, 7) is 7.85. The van der Waals surface area contributed by atoms with Gasteiger partial charge in [0.25, 0.3) is 0 Å². The first kappa shape index (κ1) is 17.0. The minimum Gasteiger partial charge on any atom is -0.449 e. The molecule has 1 amide bonds. The van der Waals surface area contributed by atoms with E-state index < -0.39 is 6.09 Å². The predicted molar refractivity (Wildman–Crippen MR) is 90.5 cm³/mol. The fourth-order valence-corrected chi connectivity index (χ4v) is 2.39. The summed E-state index contributed by atoms with van der Waals surface area (Å²) in [4.78, 5) is 11.2. The fourth-order valence-electron chi connectivity index (χ4n) is 2.08. The third-order valence-corrected chi connectivity index (χ3v) is 3.63. The number of hydrogen-bond acceptors (Lipinski definition) is 4. The van der Waals surface area contributed by atoms with Crippen LogP contribution in [0.25, 0.3) is 5.69 Å². The number of carbonyl (C=O) groups excluding carboxylic acids is 1. The lowest BCUT2D eigenvalue weighted by atomic mass is 10.1. The van der Waals surface area contributed by atoms with Crippen LogP contribution in [-0.2, 0) is 4.74 Å². The number of ether oxygens (including phenoxy) is 1. The minimum absolute atomic E-state index is 0.283. The van der Waals surface area contributed by atoms with Crippen molar-refractivity contribution in [2.45, 2.75) is 27.7 Å². The van der Waals surface area contributed by atoms with E-state index in [4.69, 9.17) is 16.3 Å². The number of halogens is 1. The number of rotatable bonds is 4. The molecule has 0 unspecified atom stereocenters. The molecule has 1 heterocycles. The lowest BCUT2D eigenvalue weighted by Crippen LogP contribution is -2.18. The van der Waals surface area contributed by atoms with Gasteiger partial charge in [0.05, 0.1) is 29.8 Å². The Morgan fingerprint density at radius 1 is 1.43 bits per heavy atom. The fraction of sp³-hybridized carbons (Fsp3) is 0.312. The number of carbonyl (C=O) groups is 1. The zero-order valence-electron chi connectivity index (χ0n) is 13.6. The molecule has 1 aromatic carbocycles. The van der Waals surface area contributed by atoms with Gasteiger partial charge in [0.2, 0.25) is 0 Å². The van der Waals surface area contributed by atoms with E-state index in [1.807, 2.05) is 39.0 Å². The zero-order chi connectivity index (χ0) is 17.0. The van der Waals surface area contributed by atoms with Gasteiger partial charge in [-0.2, -0.15) is 10.2 Å². The van der Waals surface area contributed by atoms with E-state index >= 15 is 0 Å². The Bertz CT molecular complexity index is 753. The summed E-state index contributed by atoms with van der Waals surface area (Å²) in [5, 5.41) is 8.74. The van der Waals surface area contributed by atoms with Crippen LogP contribution in [0, 0.1) is 20.8 Å². The minimum atomic E-state index is -0.612. The van der Waals surface area contributed by atoms with Crippen LogP contribution in [0.2, 0.25) is 5.15 Å². The molecule has 0 atom stereocenters. The summed E-state index contributed by atoms with van der Waals surface area (Å²) in [6.07, 6.45) is 0.850. The second-order valence-electron chi connectivity index (χ2n) is 5.08. The molecule has 0 spiro atoms. The Morgan fingerprint density at radius 2 is 2.17 bits per heavy atom. The van der Waals surface area contributed by atoms with Crippen molar-refractivity contribution in [3.63, 3.8) is 0 Å². The first-order valence-corrected chi connectivity index (χ1v) is 7.60. The molecule has 1 N–H and O–H groups in total. The quantitative estimate of drug-likeness (QED) is 0.687. The second kappa shape index (κ2) is 7.28. The van der Waals surface area contributed by atoms with Crippen molar-refractivity contribution in [1.29, 1.82) is 0 Å². The molecule has 0 saturated carbocycles. The van der Waals surface area contributed by atoms with Crippen LogP contribution < -0.4 is 5.43 Å². The average Bonchev–Trinajstić information content (AvgIpc) is 2.78. The standard InChI is InChI=1S/C16H19ClN4O2/c1-5-23-16(22)19-18-9-13-12(4)20-21(15(13)17)14-8-10(2)6-7-11(14)3/h6-9H,5H2,1-4H3,(H,19,22)/b18-9-. The van der Waals surface area contributed by atoms with Crippen LogP contribution in [0.4, 0.5) is 4.79 Å². The number of amides is 1. The molecule has 2 aromatic rings. The van der Waals surface area contributed by atoms with Crippen molar-refractivity contribution in [3.05, 3.63) is 45.7 Å². The Hall–Kier alpha value is -2.34. The van der Waals surface area contributed by atoms with Gasteiger partial charge in [-0.15, -0.1) is 0 Å². The molecule has 0 aliphatic carbocycles. The van der Waals surface area contributed by atoms with Crippen LogP contribution in [0.15, 0.2) is 23.3 Å². The third kappa shape index (κ3) is 3.90. The summed E-state index contributed by atoms with van der Waals surface area (Å²) in [5.41, 5.74) is 6.72. The number of hydrogen-bond donors (Lipinski definition) is 1. The Morgan fingerprint density at radius 3 is 2.87 bits per heavy atom. The smallest absolute Gasteiger partial charge is 0.427 e. The predicted octanol–water partition coefficient (Wildman–Crippen LogP) is 3.53. The van der Waals surface area contributed by atoms with E-state index in [1.54, 1.807) is 11.6 Å². The molecule has 0 radical (unpaired) electrons. The highest BCUT2D eigenvalue weighted by molar-refractivity contribution is 6.32. The topological polar surface area (TPSA) is 68.5 Å². The summed E-state index contributed by atoms with van der Waals surface area (Å²) in [6, 6.07) is 6.08. The molecule has 7 heteroatoms. The van der Waals surface area contributed by atoms with Crippen molar-refractivity contribution in [2.24, 2.45) is 5.10 Å². The number of nitrogens with zero attached hydrogens (tertiary/aromatic N) is 3. The van der Waals surface area contributed by atoms with Gasteiger partial charge < -0.3 is 4.74 Å². The van der Waals surface area contributed by atoms with Gasteiger partial charge in [-0.25, -0.2) is 14.9 Å². The van der Waals surface area contributed by atoms with Crippen LogP contribution in [0.5, 0.6) is 0 Å². The highest BCUT2D eigenvalue weighted by atomic mass is 35.5. The van der Waals surface area contributed by atoms with Gasteiger partial charge in [0.15, 0.2) is 0 Å². The van der Waals surface area contributed by atoms with Gasteiger partial charge in [-0.3, -0.25) is 0 Å². The molecule has 6 nitrogen and oxygen atoms in total. The molecule has 0 saturated heterocycles. The van der Waals surface area contributed by atoms with Crippen molar-refractivity contribution < 1.29 is 9.53 Å². The van der Waals surface area contributed by atoms with Crippen molar-refractivity contribution in [1.82, 2.24) is 15.2 Å². The average molecular weight is 335 g/mol. The molecule has 23 heavy (non-hydrogen) atoms. The Labute approximate surface area is 140 Å². The number of nitrogens with one attached hydrogen (secondary N) is 1. The van der Waals surface area contributed by atoms with Crippen LogP contribution in [-0.4, -0.2) is 28.7 Å². The van der Waals surface area contributed by atoms with E-state index in [1.165, 1.54) is 6.21 Å². The van der Waals surface area contributed by atoms with Crippen LogP contribution >= 0.6 is 11.6 Å². The molecule has 2 rings (SSSR count). The first-order chi connectivity index (χ1) is 10.9. The summed E-state index contributed by atoms with van der Waals surface area (Å²) >= 11 is 6.43. The summed E-state index contributed by atoms with van der Waals surface area (Å²) in [5.74, 6) is 0. The summed E-state index contributed by atoms with van der Waals surface area (Å²) < 4.78 is 6.40. The molecule has 122 valence electrons. The third-order valence-electron chi connectivity index (χ3n) is 3.27. The van der Waals surface area contributed by atoms with Gasteiger partial charge in [0, 0.05) is 0 Å². The molecular weight excluding hydrogens is 316 g/mol. The van der Waals surface area contributed by atoms with Crippen LogP contribution in [0.1, 0.15) is 29.3 Å². The summed E-state index contributed by atoms with van der Waals surface area (Å²) in [7, 11) is 0. The molecule has 0 fully saturated rings. The molecule has 0 aliphatic rings. The van der Waals surface area contributed by atoms with E-state index in [-0.39, 0.29) is 6.61 Å². The lowest BCUT2D eigenvalue weighted by Gasteiger charge is -2.08. The SMILES string of the molecule is CCOC(=O)N/N=C\c1c(C)nn(-c2cc(C)ccc2C)c1Cl. The maximum absolute atomic E-state index is 11.2. The molecule has 0 bridgehead atoms. The van der Waals surface area contributed by atoms with Crippen molar-refractivity contribution in [2.75, 3.05) is 6.61 Å². The monoisotopic (exact) mass is 334 g/mol. The van der Waals surface area contributed by atoms with E-state index in [9.17, 15) is 4.79 Å². The van der Waals surface area contributed by atoms with Crippen molar-refractivity contribution >= 4 is 23.9 Å². The Balaban J connectivity index is 2.31. The molecular formula is C16H19ClN4O2. The number of aryl methyl sites for hydroxylation is 3. The number of aromatic nitrogens is 2. The Kier molecular flexibility index (Phi) is 5.39. The van der Waals surface area contributed by atoms with E-state index in [0.29, 0.717) is 16.4 Å². The second-order valence-corrected chi connectivity index (χ2v) is 5.44. The number of hydrazone groups is 1.